The molecule has 0 amide bonds. The fourth-order valence-corrected chi connectivity index (χ4v) is 2.84. The predicted molar refractivity (Wildman–Crippen MR) is 83.6 cm³/mol. The van der Waals surface area contributed by atoms with Crippen molar-refractivity contribution in [2.45, 2.75) is 13.1 Å². The number of fused-ring (bicyclic) bond motifs is 3. The molecule has 0 saturated heterocycles. The topological polar surface area (TPSA) is 42.7 Å². The molecule has 0 bridgehead atoms. The van der Waals surface area contributed by atoms with Crippen LogP contribution >= 0.6 is 0 Å². The summed E-state index contributed by atoms with van der Waals surface area (Å²) in [5, 5.41) is 0.871. The van der Waals surface area contributed by atoms with E-state index in [-0.39, 0.29) is 11.4 Å². The first-order valence-electron chi connectivity index (χ1n) is 7.34. The van der Waals surface area contributed by atoms with Gasteiger partial charge in [-0.1, -0.05) is 12.1 Å². The third-order valence-corrected chi connectivity index (χ3v) is 3.95. The van der Waals surface area contributed by atoms with Gasteiger partial charge in [0.1, 0.15) is 23.9 Å². The Balaban J connectivity index is 1.66. The lowest BCUT2D eigenvalue weighted by Crippen LogP contribution is -2.31. The lowest BCUT2D eigenvalue weighted by Gasteiger charge is -2.29. The minimum Gasteiger partial charge on any atom is -0.478 e. The van der Waals surface area contributed by atoms with Gasteiger partial charge in [0.2, 0.25) is 0 Å². The molecule has 0 aliphatic carbocycles. The van der Waals surface area contributed by atoms with Gasteiger partial charge in [0.15, 0.2) is 0 Å². The van der Waals surface area contributed by atoms with Gasteiger partial charge in [-0.25, -0.2) is 9.18 Å². The molecule has 4 rings (SSSR count). The molecule has 0 atom stereocenters. The van der Waals surface area contributed by atoms with Crippen LogP contribution in [0.5, 0.6) is 5.75 Å². The molecule has 0 unspecified atom stereocenters. The second kappa shape index (κ2) is 5.52. The molecule has 2 aromatic carbocycles. The number of ether oxygens (including phenoxy) is 1. The van der Waals surface area contributed by atoms with E-state index in [1.165, 1.54) is 18.2 Å². The lowest BCUT2D eigenvalue weighted by atomic mass is 10.1. The van der Waals surface area contributed by atoms with Crippen molar-refractivity contribution < 1.29 is 13.5 Å². The molecular weight excluding hydrogens is 297 g/mol. The summed E-state index contributed by atoms with van der Waals surface area (Å²) in [6.45, 7) is 1.68. The van der Waals surface area contributed by atoms with Crippen molar-refractivity contribution in [3.63, 3.8) is 0 Å². The highest BCUT2D eigenvalue weighted by Gasteiger charge is 2.21. The summed E-state index contributed by atoms with van der Waals surface area (Å²) < 4.78 is 24.1. The van der Waals surface area contributed by atoms with Crippen molar-refractivity contribution >= 4 is 11.0 Å². The number of rotatable bonds is 2. The standard InChI is InChI=1S/C18H14FNO3/c19-14-5-1-12(2-6-14)9-20-10-15-16(22-11-20)7-3-13-4-8-17(21)23-18(13)15/h1-8H,9-11H2. The van der Waals surface area contributed by atoms with Gasteiger partial charge in [-0.2, -0.15) is 0 Å². The second-order valence-electron chi connectivity index (χ2n) is 5.60. The first kappa shape index (κ1) is 14.0. The summed E-state index contributed by atoms with van der Waals surface area (Å²) in [6.07, 6.45) is 0. The summed E-state index contributed by atoms with van der Waals surface area (Å²) in [5.74, 6) is 0.490. The van der Waals surface area contributed by atoms with Gasteiger partial charge in [-0.05, 0) is 35.9 Å². The smallest absolute Gasteiger partial charge is 0.336 e. The van der Waals surface area contributed by atoms with Crippen LogP contribution in [0.2, 0.25) is 0 Å². The maximum Gasteiger partial charge on any atom is 0.336 e. The third-order valence-electron chi connectivity index (χ3n) is 3.95. The number of benzene rings is 2. The Bertz CT molecular complexity index is 918. The molecule has 0 spiro atoms. The summed E-state index contributed by atoms with van der Waals surface area (Å²) in [5.41, 5.74) is 2.06. The van der Waals surface area contributed by atoms with E-state index < -0.39 is 0 Å². The molecule has 4 nitrogen and oxygen atoms in total. The van der Waals surface area contributed by atoms with Gasteiger partial charge in [-0.3, -0.25) is 4.90 Å². The average Bonchev–Trinajstić information content (AvgIpc) is 2.57. The number of hydrogen-bond donors (Lipinski definition) is 0. The van der Waals surface area contributed by atoms with Gasteiger partial charge in [0.05, 0.1) is 5.56 Å². The van der Waals surface area contributed by atoms with Crippen LogP contribution in [0, 0.1) is 5.82 Å². The molecule has 0 radical (unpaired) electrons. The maximum atomic E-state index is 13.0. The highest BCUT2D eigenvalue weighted by molar-refractivity contribution is 5.82. The quantitative estimate of drug-likeness (QED) is 0.681. The van der Waals surface area contributed by atoms with Gasteiger partial charge in [0, 0.05) is 24.5 Å². The van der Waals surface area contributed by atoms with Gasteiger partial charge in [-0.15, -0.1) is 0 Å². The van der Waals surface area contributed by atoms with E-state index in [2.05, 4.69) is 4.90 Å². The summed E-state index contributed by atoms with van der Waals surface area (Å²) >= 11 is 0. The van der Waals surface area contributed by atoms with E-state index in [0.29, 0.717) is 25.4 Å². The van der Waals surface area contributed by atoms with E-state index >= 15 is 0 Å². The minimum atomic E-state index is -0.374. The fraction of sp³-hybridized carbons (Fsp3) is 0.167. The Kier molecular flexibility index (Phi) is 3.35. The molecule has 2 heterocycles. The molecule has 1 aromatic heterocycles. The Hall–Kier alpha value is -2.66. The molecule has 1 aliphatic rings. The number of halogens is 1. The third kappa shape index (κ3) is 2.71. The van der Waals surface area contributed by atoms with E-state index in [1.807, 2.05) is 12.1 Å². The summed E-state index contributed by atoms with van der Waals surface area (Å²) in [6, 6.07) is 13.3. The van der Waals surface area contributed by atoms with E-state index in [9.17, 15) is 9.18 Å². The average molecular weight is 311 g/mol. The predicted octanol–water partition coefficient (Wildman–Crippen LogP) is 3.28. The van der Waals surface area contributed by atoms with E-state index in [4.69, 9.17) is 9.15 Å². The molecule has 0 N–H and O–H groups in total. The molecular formula is C18H14FNO3. The molecule has 116 valence electrons. The van der Waals surface area contributed by atoms with Crippen molar-refractivity contribution in [1.82, 2.24) is 4.90 Å². The maximum absolute atomic E-state index is 13.0. The number of hydrogen-bond acceptors (Lipinski definition) is 4. The Morgan fingerprint density at radius 1 is 1.04 bits per heavy atom. The number of nitrogens with zero attached hydrogens (tertiary/aromatic N) is 1. The van der Waals surface area contributed by atoms with Gasteiger partial charge in [0.25, 0.3) is 0 Å². The van der Waals surface area contributed by atoms with Crippen molar-refractivity contribution in [2.24, 2.45) is 0 Å². The normalized spacial score (nSPS) is 14.5. The van der Waals surface area contributed by atoms with Crippen LogP contribution in [-0.4, -0.2) is 11.6 Å². The van der Waals surface area contributed by atoms with Crippen molar-refractivity contribution in [2.75, 3.05) is 6.73 Å². The van der Waals surface area contributed by atoms with Crippen LogP contribution in [0.4, 0.5) is 4.39 Å². The van der Waals surface area contributed by atoms with Crippen LogP contribution in [0.1, 0.15) is 11.1 Å². The summed E-state index contributed by atoms with van der Waals surface area (Å²) in [7, 11) is 0. The van der Waals surface area contributed by atoms with Crippen molar-refractivity contribution in [3.8, 4) is 5.75 Å². The monoisotopic (exact) mass is 311 g/mol. The first-order valence-corrected chi connectivity index (χ1v) is 7.34. The van der Waals surface area contributed by atoms with Crippen LogP contribution in [0.25, 0.3) is 11.0 Å². The second-order valence-corrected chi connectivity index (χ2v) is 5.60. The molecule has 23 heavy (non-hydrogen) atoms. The largest absolute Gasteiger partial charge is 0.478 e. The van der Waals surface area contributed by atoms with Crippen LogP contribution in [-0.2, 0) is 13.1 Å². The van der Waals surface area contributed by atoms with E-state index in [1.54, 1.807) is 18.2 Å². The molecule has 5 heteroatoms. The van der Waals surface area contributed by atoms with Gasteiger partial charge >= 0.3 is 5.63 Å². The summed E-state index contributed by atoms with van der Waals surface area (Å²) in [4.78, 5) is 13.6. The van der Waals surface area contributed by atoms with E-state index in [0.717, 1.165) is 22.3 Å². The van der Waals surface area contributed by atoms with Crippen molar-refractivity contribution in [1.29, 1.82) is 0 Å². The van der Waals surface area contributed by atoms with Gasteiger partial charge < -0.3 is 9.15 Å². The Labute approximate surface area is 131 Å². The van der Waals surface area contributed by atoms with Crippen LogP contribution < -0.4 is 10.4 Å². The molecule has 1 aliphatic heterocycles. The highest BCUT2D eigenvalue weighted by atomic mass is 19.1. The van der Waals surface area contributed by atoms with Crippen molar-refractivity contribution in [3.05, 3.63) is 75.9 Å². The molecule has 0 saturated carbocycles. The zero-order chi connectivity index (χ0) is 15.8. The van der Waals surface area contributed by atoms with Crippen LogP contribution in [0.15, 0.2) is 57.7 Å². The lowest BCUT2D eigenvalue weighted by molar-refractivity contribution is 0.0889. The molecule has 0 fully saturated rings. The zero-order valence-electron chi connectivity index (χ0n) is 12.3. The Morgan fingerprint density at radius 2 is 1.83 bits per heavy atom. The minimum absolute atomic E-state index is 0.248. The highest BCUT2D eigenvalue weighted by Crippen LogP contribution is 2.32. The zero-order valence-corrected chi connectivity index (χ0v) is 12.3. The Morgan fingerprint density at radius 3 is 2.65 bits per heavy atom. The van der Waals surface area contributed by atoms with Crippen LogP contribution in [0.3, 0.4) is 0 Å². The molecule has 3 aromatic rings. The first-order chi connectivity index (χ1) is 11.2. The SMILES string of the molecule is O=c1ccc2ccc3c(c2o1)CN(Cc1ccc(F)cc1)CO3. The fourth-order valence-electron chi connectivity index (χ4n) is 2.84.